The largest absolute Gasteiger partial charge is 0.497 e. The van der Waals surface area contributed by atoms with Crippen molar-refractivity contribution in [2.24, 2.45) is 0 Å². The molecule has 2 aromatic carbocycles. The first-order valence-corrected chi connectivity index (χ1v) is 11.9. The summed E-state index contributed by atoms with van der Waals surface area (Å²) < 4.78 is 21.7. The molecule has 6 nitrogen and oxygen atoms in total. The van der Waals surface area contributed by atoms with Gasteiger partial charge in [0.05, 0.1) is 18.4 Å². The lowest BCUT2D eigenvalue weighted by molar-refractivity contribution is -0.118. The Morgan fingerprint density at radius 1 is 1.12 bits per heavy atom. The van der Waals surface area contributed by atoms with Crippen molar-refractivity contribution in [1.29, 1.82) is 0 Å². The summed E-state index contributed by atoms with van der Waals surface area (Å²) in [5.41, 5.74) is 1.44. The van der Waals surface area contributed by atoms with Crippen molar-refractivity contribution < 1.29 is 13.9 Å². The van der Waals surface area contributed by atoms with Gasteiger partial charge in [-0.3, -0.25) is 9.36 Å². The van der Waals surface area contributed by atoms with E-state index in [0.717, 1.165) is 37.0 Å². The highest BCUT2D eigenvalue weighted by Crippen LogP contribution is 2.36. The summed E-state index contributed by atoms with van der Waals surface area (Å²) in [6.07, 6.45) is 5.50. The molecule has 1 aliphatic rings. The third-order valence-electron chi connectivity index (χ3n) is 5.70. The Morgan fingerprint density at radius 2 is 1.88 bits per heavy atom. The van der Waals surface area contributed by atoms with E-state index in [1.165, 1.54) is 24.2 Å². The van der Waals surface area contributed by atoms with Crippen LogP contribution in [0.5, 0.6) is 5.75 Å². The summed E-state index contributed by atoms with van der Waals surface area (Å²) in [6, 6.07) is 14.4. The number of benzene rings is 2. The Morgan fingerprint density at radius 3 is 2.59 bits per heavy atom. The highest BCUT2D eigenvalue weighted by atomic mass is 32.2. The molecule has 1 aliphatic carbocycles. The second-order valence-electron chi connectivity index (χ2n) is 7.86. The first-order valence-electron chi connectivity index (χ1n) is 10.9. The molecule has 1 heterocycles. The van der Waals surface area contributed by atoms with E-state index >= 15 is 0 Å². The molecule has 1 fully saturated rings. The Balaban J connectivity index is 1.45. The lowest BCUT2D eigenvalue weighted by Crippen LogP contribution is -2.25. The number of ether oxygens (including phenoxy) is 1. The molecule has 3 aromatic rings. The van der Waals surface area contributed by atoms with Gasteiger partial charge in [0.1, 0.15) is 11.6 Å². The minimum absolute atomic E-state index is 0.0866. The average Bonchev–Trinajstić information content (AvgIpc) is 3.26. The molecule has 0 bridgehead atoms. The quantitative estimate of drug-likeness (QED) is 0.485. The van der Waals surface area contributed by atoms with Crippen molar-refractivity contribution >= 4 is 17.7 Å². The molecule has 0 saturated heterocycles. The molecular formula is C24H27FN4O2S. The normalized spacial score (nSPS) is 14.3. The van der Waals surface area contributed by atoms with Crippen molar-refractivity contribution in [2.75, 3.05) is 12.9 Å². The van der Waals surface area contributed by atoms with Crippen LogP contribution in [0.3, 0.4) is 0 Å². The summed E-state index contributed by atoms with van der Waals surface area (Å²) in [4.78, 5) is 12.5. The second kappa shape index (κ2) is 10.6. The minimum Gasteiger partial charge on any atom is -0.497 e. The fourth-order valence-electron chi connectivity index (χ4n) is 4.00. The number of methoxy groups -OCH3 is 1. The van der Waals surface area contributed by atoms with Gasteiger partial charge in [0.15, 0.2) is 11.0 Å². The number of thioether (sulfide) groups is 1. The Hall–Kier alpha value is -2.87. The molecule has 0 atom stereocenters. The van der Waals surface area contributed by atoms with Crippen LogP contribution < -0.4 is 10.1 Å². The summed E-state index contributed by atoms with van der Waals surface area (Å²) in [5.74, 6) is 1.14. The summed E-state index contributed by atoms with van der Waals surface area (Å²) in [5, 5.41) is 12.2. The SMILES string of the molecule is COc1ccc(CNC(=O)CSc2nnc(-c3ccccc3F)n2C2CCCCC2)cc1. The van der Waals surface area contributed by atoms with Gasteiger partial charge in [0, 0.05) is 12.6 Å². The van der Waals surface area contributed by atoms with Crippen LogP contribution in [0.4, 0.5) is 4.39 Å². The highest BCUT2D eigenvalue weighted by Gasteiger charge is 2.25. The van der Waals surface area contributed by atoms with Crippen LogP contribution in [0, 0.1) is 5.82 Å². The van der Waals surface area contributed by atoms with E-state index < -0.39 is 0 Å². The highest BCUT2D eigenvalue weighted by molar-refractivity contribution is 7.99. The number of hydrogen-bond donors (Lipinski definition) is 1. The number of hydrogen-bond acceptors (Lipinski definition) is 5. The zero-order valence-electron chi connectivity index (χ0n) is 18.1. The predicted molar refractivity (Wildman–Crippen MR) is 123 cm³/mol. The fraction of sp³-hybridized carbons (Fsp3) is 0.375. The van der Waals surface area contributed by atoms with Gasteiger partial charge in [-0.1, -0.05) is 55.3 Å². The van der Waals surface area contributed by atoms with E-state index in [2.05, 4.69) is 15.5 Å². The van der Waals surface area contributed by atoms with Crippen LogP contribution in [0.1, 0.15) is 43.7 Å². The van der Waals surface area contributed by atoms with Gasteiger partial charge in [0.2, 0.25) is 5.91 Å². The number of rotatable bonds is 8. The third-order valence-corrected chi connectivity index (χ3v) is 6.64. The second-order valence-corrected chi connectivity index (χ2v) is 8.80. The number of halogens is 1. The van der Waals surface area contributed by atoms with Crippen LogP contribution in [0.15, 0.2) is 53.7 Å². The topological polar surface area (TPSA) is 69.0 Å². The molecule has 0 spiro atoms. The van der Waals surface area contributed by atoms with Gasteiger partial charge in [-0.2, -0.15) is 0 Å². The maximum atomic E-state index is 14.5. The predicted octanol–water partition coefficient (Wildman–Crippen LogP) is 5.01. The Bertz CT molecular complexity index is 1050. The number of carbonyl (C=O) groups is 1. The van der Waals surface area contributed by atoms with Gasteiger partial charge in [-0.25, -0.2) is 4.39 Å². The minimum atomic E-state index is -0.314. The standard InChI is InChI=1S/C24H27FN4O2S/c1-31-19-13-11-17(12-14-19)15-26-22(30)16-32-24-28-27-23(20-9-5-6-10-21(20)25)29(24)18-7-3-2-4-8-18/h5-6,9-14,18H,2-4,7-8,15-16H2,1H3,(H,26,30). The Kier molecular flexibility index (Phi) is 7.42. The van der Waals surface area contributed by atoms with Crippen molar-refractivity contribution in [3.8, 4) is 17.1 Å². The van der Waals surface area contributed by atoms with Gasteiger partial charge < -0.3 is 10.1 Å². The average molecular weight is 455 g/mol. The molecule has 32 heavy (non-hydrogen) atoms. The zero-order chi connectivity index (χ0) is 22.3. The number of aromatic nitrogens is 3. The van der Waals surface area contributed by atoms with Crippen molar-refractivity contribution in [1.82, 2.24) is 20.1 Å². The molecule has 1 aromatic heterocycles. The monoisotopic (exact) mass is 454 g/mol. The molecule has 1 amide bonds. The lowest BCUT2D eigenvalue weighted by atomic mass is 9.95. The fourth-order valence-corrected chi connectivity index (χ4v) is 4.83. The van der Waals surface area contributed by atoms with E-state index in [4.69, 9.17) is 4.74 Å². The van der Waals surface area contributed by atoms with Gasteiger partial charge in [-0.15, -0.1) is 10.2 Å². The molecule has 0 aliphatic heterocycles. The van der Waals surface area contributed by atoms with E-state index in [1.54, 1.807) is 25.3 Å². The number of amides is 1. The number of carbonyl (C=O) groups excluding carboxylic acids is 1. The van der Waals surface area contributed by atoms with Gasteiger partial charge in [-0.05, 0) is 42.7 Å². The van der Waals surface area contributed by atoms with Crippen LogP contribution in [-0.4, -0.2) is 33.5 Å². The summed E-state index contributed by atoms with van der Waals surface area (Å²) in [7, 11) is 1.62. The smallest absolute Gasteiger partial charge is 0.230 e. The van der Waals surface area contributed by atoms with Crippen LogP contribution in [-0.2, 0) is 11.3 Å². The molecule has 1 N–H and O–H groups in total. The molecule has 8 heteroatoms. The van der Waals surface area contributed by atoms with E-state index in [9.17, 15) is 9.18 Å². The molecule has 1 saturated carbocycles. The molecule has 168 valence electrons. The molecule has 0 radical (unpaired) electrons. The summed E-state index contributed by atoms with van der Waals surface area (Å²) >= 11 is 1.35. The summed E-state index contributed by atoms with van der Waals surface area (Å²) in [6.45, 7) is 0.444. The first kappa shape index (κ1) is 22.3. The van der Waals surface area contributed by atoms with Gasteiger partial charge in [0.25, 0.3) is 0 Å². The van der Waals surface area contributed by atoms with Gasteiger partial charge >= 0.3 is 0 Å². The number of nitrogens with zero attached hydrogens (tertiary/aromatic N) is 3. The maximum Gasteiger partial charge on any atom is 0.230 e. The Labute approximate surface area is 191 Å². The van der Waals surface area contributed by atoms with Crippen molar-refractivity contribution in [3.05, 3.63) is 59.9 Å². The van der Waals surface area contributed by atoms with E-state index in [0.29, 0.717) is 23.1 Å². The van der Waals surface area contributed by atoms with Crippen LogP contribution in [0.2, 0.25) is 0 Å². The first-order chi connectivity index (χ1) is 15.7. The maximum absolute atomic E-state index is 14.5. The van der Waals surface area contributed by atoms with E-state index in [1.807, 2.05) is 28.8 Å². The van der Waals surface area contributed by atoms with Crippen LogP contribution >= 0.6 is 11.8 Å². The lowest BCUT2D eigenvalue weighted by Gasteiger charge is -2.25. The molecule has 4 rings (SSSR count). The molecular weight excluding hydrogens is 427 g/mol. The third kappa shape index (κ3) is 5.30. The van der Waals surface area contributed by atoms with E-state index in [-0.39, 0.29) is 23.5 Å². The van der Waals surface area contributed by atoms with Crippen LogP contribution in [0.25, 0.3) is 11.4 Å². The number of nitrogens with one attached hydrogen (secondary N) is 1. The van der Waals surface area contributed by atoms with Crippen molar-refractivity contribution in [3.63, 3.8) is 0 Å². The van der Waals surface area contributed by atoms with Crippen molar-refractivity contribution in [2.45, 2.75) is 49.8 Å². The molecule has 0 unspecified atom stereocenters. The zero-order valence-corrected chi connectivity index (χ0v) is 18.9.